The van der Waals surface area contributed by atoms with E-state index in [1.54, 1.807) is 0 Å². The van der Waals surface area contributed by atoms with E-state index in [0.29, 0.717) is 5.71 Å². The van der Waals surface area contributed by atoms with E-state index in [0.717, 1.165) is 38.9 Å². The Kier molecular flexibility index (Phi) is 5.68. The van der Waals surface area contributed by atoms with E-state index in [4.69, 9.17) is 14.4 Å². The summed E-state index contributed by atoms with van der Waals surface area (Å²) < 4.78 is 6.46. The molecule has 0 atom stereocenters. The van der Waals surface area contributed by atoms with Crippen molar-refractivity contribution in [1.29, 1.82) is 0 Å². The zero-order chi connectivity index (χ0) is 26.6. The van der Waals surface area contributed by atoms with Gasteiger partial charge in [0.15, 0.2) is 0 Å². The lowest BCUT2D eigenvalue weighted by molar-refractivity contribution is 0.583. The smallest absolute Gasteiger partial charge is 0.227 e. The Morgan fingerprint density at radius 3 is 2.08 bits per heavy atom. The van der Waals surface area contributed by atoms with E-state index in [1.807, 2.05) is 12.3 Å². The molecule has 3 aromatic carbocycles. The number of hydrogen-bond acceptors (Lipinski definition) is 3. The Hall–Kier alpha value is -4.24. The van der Waals surface area contributed by atoms with Gasteiger partial charge in [-0.2, -0.15) is 0 Å². The van der Waals surface area contributed by atoms with E-state index < -0.39 is 0 Å². The van der Waals surface area contributed by atoms with Crippen LogP contribution in [0.2, 0.25) is 0 Å². The van der Waals surface area contributed by atoms with Crippen LogP contribution in [0.1, 0.15) is 43.0 Å². The third-order valence-electron chi connectivity index (χ3n) is 7.45. The van der Waals surface area contributed by atoms with Gasteiger partial charge >= 0.3 is 0 Å². The molecule has 3 heterocycles. The molecule has 38 heavy (non-hydrogen) atoms. The van der Waals surface area contributed by atoms with Crippen LogP contribution in [0.4, 0.5) is 0 Å². The quantitative estimate of drug-likeness (QED) is 0.245. The number of rotatable bonds is 3. The van der Waals surface area contributed by atoms with Crippen LogP contribution in [0.15, 0.2) is 89.5 Å². The summed E-state index contributed by atoms with van der Waals surface area (Å²) in [6.07, 6.45) is 2.01. The third kappa shape index (κ3) is 4.09. The molecule has 3 nitrogen and oxygen atoms in total. The normalized spacial score (nSPS) is 11.9. The van der Waals surface area contributed by atoms with Crippen molar-refractivity contribution in [3.63, 3.8) is 0 Å². The molecule has 0 N–H and O–H groups in total. The number of benzene rings is 3. The molecule has 188 valence electrons. The highest BCUT2D eigenvalue weighted by Gasteiger charge is 2.20. The standard InChI is InChI=1S/C35H32N2O/c1-21-19-31(36-20-29(21)35(4,5)6)28-14-10-13-26-27-15-16-30(37-34(27)38-33(26)28)32-22(2)17-25(18-23(32)3)24-11-8-7-9-12-24/h7-20H,1-6H3. The van der Waals surface area contributed by atoms with Crippen molar-refractivity contribution >= 4 is 22.1 Å². The van der Waals surface area contributed by atoms with Crippen molar-refractivity contribution in [2.75, 3.05) is 0 Å². The van der Waals surface area contributed by atoms with Crippen LogP contribution in [0.3, 0.4) is 0 Å². The summed E-state index contributed by atoms with van der Waals surface area (Å²) in [5.41, 5.74) is 12.9. The monoisotopic (exact) mass is 496 g/mol. The van der Waals surface area contributed by atoms with Gasteiger partial charge in [-0.3, -0.25) is 4.98 Å². The fourth-order valence-corrected chi connectivity index (χ4v) is 5.67. The summed E-state index contributed by atoms with van der Waals surface area (Å²) in [5.74, 6) is 0. The van der Waals surface area contributed by atoms with Gasteiger partial charge in [-0.25, -0.2) is 4.98 Å². The van der Waals surface area contributed by atoms with E-state index in [9.17, 15) is 0 Å². The molecule has 0 spiro atoms. The first-order valence-electron chi connectivity index (χ1n) is 13.2. The van der Waals surface area contributed by atoms with Crippen molar-refractivity contribution in [3.05, 3.63) is 107 Å². The Morgan fingerprint density at radius 2 is 1.39 bits per heavy atom. The maximum atomic E-state index is 6.46. The number of aromatic nitrogens is 2. The highest BCUT2D eigenvalue weighted by atomic mass is 16.3. The maximum Gasteiger partial charge on any atom is 0.227 e. The molecule has 3 aromatic heterocycles. The highest BCUT2D eigenvalue weighted by Crippen LogP contribution is 2.38. The number of pyridine rings is 2. The molecule has 0 aliphatic heterocycles. The number of hydrogen-bond donors (Lipinski definition) is 0. The maximum absolute atomic E-state index is 6.46. The van der Waals surface area contributed by atoms with E-state index in [2.05, 4.69) is 114 Å². The first-order chi connectivity index (χ1) is 18.2. The minimum Gasteiger partial charge on any atom is -0.437 e. The van der Waals surface area contributed by atoms with Gasteiger partial charge < -0.3 is 4.42 Å². The van der Waals surface area contributed by atoms with E-state index >= 15 is 0 Å². The Morgan fingerprint density at radius 1 is 0.658 bits per heavy atom. The second-order valence-corrected chi connectivity index (χ2v) is 11.3. The van der Waals surface area contributed by atoms with Gasteiger partial charge in [0.1, 0.15) is 5.58 Å². The van der Waals surface area contributed by atoms with Crippen LogP contribution in [0.5, 0.6) is 0 Å². The molecule has 0 saturated heterocycles. The molecule has 6 aromatic rings. The van der Waals surface area contributed by atoms with Crippen molar-refractivity contribution in [3.8, 4) is 33.6 Å². The lowest BCUT2D eigenvalue weighted by atomic mass is 9.85. The molecule has 0 bridgehead atoms. The molecular weight excluding hydrogens is 464 g/mol. The van der Waals surface area contributed by atoms with Crippen molar-refractivity contribution < 1.29 is 4.42 Å². The topological polar surface area (TPSA) is 38.9 Å². The largest absolute Gasteiger partial charge is 0.437 e. The van der Waals surface area contributed by atoms with Crippen LogP contribution in [0, 0.1) is 20.8 Å². The Balaban J connectivity index is 1.46. The summed E-state index contributed by atoms with van der Waals surface area (Å²) in [6, 6.07) is 27.7. The van der Waals surface area contributed by atoms with Gasteiger partial charge in [-0.15, -0.1) is 0 Å². The summed E-state index contributed by atoms with van der Waals surface area (Å²) in [5, 5.41) is 2.08. The Bertz CT molecular complexity index is 1800. The van der Waals surface area contributed by atoms with Gasteiger partial charge in [0.25, 0.3) is 0 Å². The van der Waals surface area contributed by atoms with Gasteiger partial charge in [-0.1, -0.05) is 75.4 Å². The third-order valence-corrected chi connectivity index (χ3v) is 7.45. The molecule has 0 saturated carbocycles. The predicted molar refractivity (Wildman–Crippen MR) is 159 cm³/mol. The summed E-state index contributed by atoms with van der Waals surface area (Å²) in [6.45, 7) is 13.1. The van der Waals surface area contributed by atoms with Crippen molar-refractivity contribution in [2.24, 2.45) is 0 Å². The Labute approximate surface area is 224 Å². The van der Waals surface area contributed by atoms with E-state index in [-0.39, 0.29) is 5.41 Å². The summed E-state index contributed by atoms with van der Waals surface area (Å²) in [7, 11) is 0. The van der Waals surface area contributed by atoms with Crippen LogP contribution in [-0.4, -0.2) is 9.97 Å². The summed E-state index contributed by atoms with van der Waals surface area (Å²) >= 11 is 0. The molecule has 6 rings (SSSR count). The van der Waals surface area contributed by atoms with Crippen LogP contribution in [-0.2, 0) is 5.41 Å². The number of aryl methyl sites for hydroxylation is 3. The highest BCUT2D eigenvalue weighted by molar-refractivity contribution is 6.08. The SMILES string of the molecule is Cc1cc(-c2cccc3c2oc2nc(-c4c(C)cc(-c5ccccc5)cc4C)ccc23)ncc1C(C)(C)C. The number of furan rings is 1. The first-order valence-corrected chi connectivity index (χ1v) is 13.2. The molecule has 0 aliphatic carbocycles. The molecule has 0 radical (unpaired) electrons. The lowest BCUT2D eigenvalue weighted by Gasteiger charge is -2.21. The summed E-state index contributed by atoms with van der Waals surface area (Å²) in [4.78, 5) is 9.86. The lowest BCUT2D eigenvalue weighted by Crippen LogP contribution is -2.13. The number of para-hydroxylation sites is 1. The number of nitrogens with zero attached hydrogens (tertiary/aromatic N) is 2. The average molecular weight is 497 g/mol. The molecule has 0 fully saturated rings. The second-order valence-electron chi connectivity index (χ2n) is 11.3. The molecule has 0 amide bonds. The zero-order valence-corrected chi connectivity index (χ0v) is 22.9. The molecule has 3 heteroatoms. The van der Waals surface area contributed by atoms with Gasteiger partial charge in [0, 0.05) is 28.1 Å². The van der Waals surface area contributed by atoms with Crippen LogP contribution >= 0.6 is 0 Å². The number of fused-ring (bicyclic) bond motifs is 3. The van der Waals surface area contributed by atoms with Crippen LogP contribution in [0.25, 0.3) is 55.7 Å². The van der Waals surface area contributed by atoms with Crippen molar-refractivity contribution in [2.45, 2.75) is 47.0 Å². The fraction of sp³-hybridized carbons (Fsp3) is 0.200. The van der Waals surface area contributed by atoms with Gasteiger partial charge in [0.2, 0.25) is 5.71 Å². The minimum absolute atomic E-state index is 0.0524. The minimum atomic E-state index is 0.0524. The molecular formula is C35H32N2O. The predicted octanol–water partition coefficient (Wildman–Crippen LogP) is 9.60. The second kappa shape index (κ2) is 8.95. The average Bonchev–Trinajstić information content (AvgIpc) is 3.26. The molecule has 0 unspecified atom stereocenters. The molecule has 0 aliphatic rings. The first kappa shape index (κ1) is 24.1. The van der Waals surface area contributed by atoms with Crippen LogP contribution < -0.4 is 0 Å². The van der Waals surface area contributed by atoms with E-state index in [1.165, 1.54) is 33.4 Å². The fourth-order valence-electron chi connectivity index (χ4n) is 5.67. The zero-order valence-electron chi connectivity index (χ0n) is 22.9. The van der Waals surface area contributed by atoms with Crippen molar-refractivity contribution in [1.82, 2.24) is 9.97 Å². The van der Waals surface area contributed by atoms with Gasteiger partial charge in [-0.05, 0) is 83.8 Å². The van der Waals surface area contributed by atoms with Gasteiger partial charge in [0.05, 0.1) is 11.4 Å².